The molecule has 5 nitrogen and oxygen atoms in total. The van der Waals surface area contributed by atoms with Crippen molar-refractivity contribution in [3.8, 4) is 34.2 Å². The zero-order valence-corrected chi connectivity index (χ0v) is 22.9. The van der Waals surface area contributed by atoms with E-state index < -0.39 is 0 Å². The molecule has 0 saturated carbocycles. The van der Waals surface area contributed by atoms with Crippen molar-refractivity contribution in [2.75, 3.05) is 0 Å². The molecule has 0 spiro atoms. The highest BCUT2D eigenvalue weighted by Crippen LogP contribution is 2.40. The molecule has 0 fully saturated rings. The van der Waals surface area contributed by atoms with E-state index in [0.29, 0.717) is 23.1 Å². The highest BCUT2D eigenvalue weighted by Gasteiger charge is 2.20. The van der Waals surface area contributed by atoms with E-state index in [1.807, 2.05) is 54.7 Å². The number of hydrogen-bond acceptors (Lipinski definition) is 5. The number of nitrogens with zero attached hydrogens (tertiary/aromatic N) is 4. The fourth-order valence-corrected chi connectivity index (χ4v) is 6.23. The van der Waals surface area contributed by atoms with Gasteiger partial charge < -0.3 is 4.42 Å². The molecule has 0 radical (unpaired) electrons. The summed E-state index contributed by atoms with van der Waals surface area (Å²) in [4.78, 5) is 19.8. The van der Waals surface area contributed by atoms with Crippen LogP contribution in [-0.4, -0.2) is 19.9 Å². The van der Waals surface area contributed by atoms with Gasteiger partial charge in [-0.3, -0.25) is 4.98 Å². The van der Waals surface area contributed by atoms with Crippen LogP contribution in [-0.2, 0) is 0 Å². The number of rotatable bonds is 3. The maximum absolute atomic E-state index is 6.16. The van der Waals surface area contributed by atoms with Crippen molar-refractivity contribution in [1.29, 1.82) is 0 Å². The number of pyridine rings is 1. The third-order valence-electron chi connectivity index (χ3n) is 8.19. The van der Waals surface area contributed by atoms with Crippen LogP contribution in [0.3, 0.4) is 0 Å². The molecule has 0 atom stereocenters. The molecule has 9 rings (SSSR count). The van der Waals surface area contributed by atoms with Gasteiger partial charge in [-0.25, -0.2) is 15.0 Å². The molecule has 0 aliphatic carbocycles. The second-order valence-electron chi connectivity index (χ2n) is 10.7. The number of fused-ring (bicyclic) bond motifs is 8. The lowest BCUT2D eigenvalue weighted by Crippen LogP contribution is -2.01. The molecular weight excluding hydrogens is 528 g/mol. The van der Waals surface area contributed by atoms with Gasteiger partial charge in [-0.05, 0) is 44.5 Å². The molecule has 3 heterocycles. The van der Waals surface area contributed by atoms with E-state index in [0.717, 1.165) is 43.8 Å². The predicted octanol–water partition coefficient (Wildman–Crippen LogP) is 9.63. The van der Waals surface area contributed by atoms with Crippen LogP contribution in [0.5, 0.6) is 0 Å². The first-order valence-electron chi connectivity index (χ1n) is 14.2. The molecule has 0 amide bonds. The van der Waals surface area contributed by atoms with Gasteiger partial charge in [0.1, 0.15) is 5.58 Å². The van der Waals surface area contributed by atoms with Gasteiger partial charge in [0.25, 0.3) is 0 Å². The van der Waals surface area contributed by atoms with Crippen molar-refractivity contribution in [3.63, 3.8) is 0 Å². The normalized spacial score (nSPS) is 11.7. The van der Waals surface area contributed by atoms with Gasteiger partial charge in [-0.1, -0.05) is 109 Å². The standard InChI is InChI=1S/C38H22N4O/c1-2-11-24(12-3-1)36-40-37(42-38(41-36)31-21-39-22-33-35(31)29-16-8-9-17-32(29)43-33)30-20-25-13-5-7-15-27(25)34-26-14-6-4-10-23(26)18-19-28(30)34/h1-22H. The molecule has 0 unspecified atom stereocenters. The van der Waals surface area contributed by atoms with Crippen LogP contribution in [0.25, 0.3) is 88.4 Å². The minimum absolute atomic E-state index is 0.551. The van der Waals surface area contributed by atoms with Crippen molar-refractivity contribution >= 4 is 54.3 Å². The van der Waals surface area contributed by atoms with Crippen LogP contribution in [0.4, 0.5) is 0 Å². The summed E-state index contributed by atoms with van der Waals surface area (Å²) in [5.74, 6) is 1.77. The minimum atomic E-state index is 0.551. The van der Waals surface area contributed by atoms with E-state index >= 15 is 0 Å². The molecule has 0 N–H and O–H groups in total. The molecule has 0 saturated heterocycles. The average Bonchev–Trinajstić information content (AvgIpc) is 3.47. The summed E-state index contributed by atoms with van der Waals surface area (Å²) in [6, 6.07) is 41.7. The Bertz CT molecular complexity index is 2500. The van der Waals surface area contributed by atoms with Gasteiger partial charge in [0.05, 0.1) is 6.20 Å². The van der Waals surface area contributed by atoms with E-state index in [1.165, 1.54) is 21.5 Å². The Balaban J connectivity index is 1.40. The Morgan fingerprint density at radius 1 is 0.419 bits per heavy atom. The fourth-order valence-electron chi connectivity index (χ4n) is 6.23. The quantitative estimate of drug-likeness (QED) is 0.205. The maximum atomic E-state index is 6.16. The van der Waals surface area contributed by atoms with Crippen molar-refractivity contribution in [2.24, 2.45) is 0 Å². The number of hydrogen-bond donors (Lipinski definition) is 0. The first kappa shape index (κ1) is 23.7. The van der Waals surface area contributed by atoms with E-state index in [1.54, 1.807) is 6.20 Å². The lowest BCUT2D eigenvalue weighted by atomic mass is 9.92. The Morgan fingerprint density at radius 3 is 1.91 bits per heavy atom. The average molecular weight is 551 g/mol. The molecule has 6 aromatic carbocycles. The Kier molecular flexibility index (Phi) is 5.13. The van der Waals surface area contributed by atoms with Gasteiger partial charge in [0, 0.05) is 33.7 Å². The minimum Gasteiger partial charge on any atom is -0.454 e. The monoisotopic (exact) mass is 550 g/mol. The predicted molar refractivity (Wildman–Crippen MR) is 174 cm³/mol. The highest BCUT2D eigenvalue weighted by atomic mass is 16.3. The third-order valence-corrected chi connectivity index (χ3v) is 8.19. The van der Waals surface area contributed by atoms with Crippen molar-refractivity contribution in [1.82, 2.24) is 19.9 Å². The molecule has 200 valence electrons. The zero-order valence-electron chi connectivity index (χ0n) is 22.9. The summed E-state index contributed by atoms with van der Waals surface area (Å²) in [5, 5.41) is 8.97. The lowest BCUT2D eigenvalue weighted by Gasteiger charge is -2.14. The first-order chi connectivity index (χ1) is 21.3. The summed E-state index contributed by atoms with van der Waals surface area (Å²) in [6.45, 7) is 0. The Hall–Kier alpha value is -5.94. The largest absolute Gasteiger partial charge is 0.454 e. The van der Waals surface area contributed by atoms with Crippen LogP contribution < -0.4 is 0 Å². The van der Waals surface area contributed by atoms with Gasteiger partial charge >= 0.3 is 0 Å². The summed E-state index contributed by atoms with van der Waals surface area (Å²) in [6.07, 6.45) is 3.57. The molecule has 0 aliphatic rings. The van der Waals surface area contributed by atoms with Crippen molar-refractivity contribution < 1.29 is 4.42 Å². The van der Waals surface area contributed by atoms with Gasteiger partial charge in [-0.15, -0.1) is 0 Å². The van der Waals surface area contributed by atoms with Crippen molar-refractivity contribution in [3.05, 3.63) is 134 Å². The lowest BCUT2D eigenvalue weighted by molar-refractivity contribution is 0.667. The molecule has 0 aliphatic heterocycles. The fraction of sp³-hybridized carbons (Fsp3) is 0. The number of para-hydroxylation sites is 1. The molecule has 43 heavy (non-hydrogen) atoms. The third kappa shape index (κ3) is 3.72. The molecule has 0 bridgehead atoms. The molecule has 3 aromatic heterocycles. The number of aromatic nitrogens is 4. The zero-order chi connectivity index (χ0) is 28.3. The first-order valence-corrected chi connectivity index (χ1v) is 14.2. The summed E-state index contributed by atoms with van der Waals surface area (Å²) in [7, 11) is 0. The summed E-state index contributed by atoms with van der Waals surface area (Å²) >= 11 is 0. The van der Waals surface area contributed by atoms with E-state index in [-0.39, 0.29) is 0 Å². The number of benzene rings is 6. The van der Waals surface area contributed by atoms with Crippen LogP contribution in [0.15, 0.2) is 138 Å². The summed E-state index contributed by atoms with van der Waals surface area (Å²) in [5.41, 5.74) is 4.18. The van der Waals surface area contributed by atoms with E-state index in [9.17, 15) is 0 Å². The SMILES string of the molecule is c1ccc(-c2nc(-c3cc4ccccc4c4c3ccc3ccccc34)nc(-c3cncc4oc5ccccc5c34)n2)cc1. The smallest absolute Gasteiger partial charge is 0.166 e. The van der Waals surface area contributed by atoms with Gasteiger partial charge in [-0.2, -0.15) is 0 Å². The van der Waals surface area contributed by atoms with Crippen LogP contribution in [0.2, 0.25) is 0 Å². The maximum Gasteiger partial charge on any atom is 0.166 e. The van der Waals surface area contributed by atoms with E-state index in [2.05, 4.69) is 77.8 Å². The summed E-state index contributed by atoms with van der Waals surface area (Å²) < 4.78 is 6.16. The van der Waals surface area contributed by atoms with Gasteiger partial charge in [0.2, 0.25) is 0 Å². The van der Waals surface area contributed by atoms with Crippen LogP contribution in [0, 0.1) is 0 Å². The van der Waals surface area contributed by atoms with Crippen molar-refractivity contribution in [2.45, 2.75) is 0 Å². The second kappa shape index (κ2) is 9.29. The Morgan fingerprint density at radius 2 is 1.07 bits per heavy atom. The second-order valence-corrected chi connectivity index (χ2v) is 10.7. The van der Waals surface area contributed by atoms with Crippen LogP contribution in [0.1, 0.15) is 0 Å². The number of furan rings is 1. The van der Waals surface area contributed by atoms with Gasteiger partial charge in [0.15, 0.2) is 23.1 Å². The van der Waals surface area contributed by atoms with Crippen LogP contribution >= 0.6 is 0 Å². The topological polar surface area (TPSA) is 64.7 Å². The molecule has 5 heteroatoms. The highest BCUT2D eigenvalue weighted by molar-refractivity contribution is 6.23. The van der Waals surface area contributed by atoms with E-state index in [4.69, 9.17) is 19.4 Å². The molecule has 9 aromatic rings. The Labute approximate surface area is 246 Å². The molecular formula is C38H22N4O.